The van der Waals surface area contributed by atoms with Gasteiger partial charge in [0, 0.05) is 22.5 Å². The topological polar surface area (TPSA) is 59.6 Å². The van der Waals surface area contributed by atoms with E-state index in [1.807, 2.05) is 55.4 Å². The van der Waals surface area contributed by atoms with Gasteiger partial charge in [0.25, 0.3) is 0 Å². The van der Waals surface area contributed by atoms with Crippen LogP contribution in [-0.2, 0) is 20.3 Å². The van der Waals surface area contributed by atoms with Crippen molar-refractivity contribution in [3.63, 3.8) is 0 Å². The molecule has 2 aromatic rings. The number of nitrogens with one attached hydrogen (secondary N) is 2. The highest BCUT2D eigenvalue weighted by Gasteiger charge is 2.52. The summed E-state index contributed by atoms with van der Waals surface area (Å²) >= 11 is 0. The van der Waals surface area contributed by atoms with Gasteiger partial charge in [-0.1, -0.05) is 46.4 Å². The maximum atomic E-state index is 13.1. The molecule has 1 fully saturated rings. The summed E-state index contributed by atoms with van der Waals surface area (Å²) in [5.74, 6) is -0.409. The molecule has 1 saturated heterocycles. The number of amides is 1. The number of anilines is 3. The zero-order chi connectivity index (χ0) is 27.0. The first-order valence-corrected chi connectivity index (χ1v) is 11.7. The predicted octanol–water partition coefficient (Wildman–Crippen LogP) is 6.93. The van der Waals surface area contributed by atoms with E-state index < -0.39 is 36.0 Å². The lowest BCUT2D eigenvalue weighted by Crippen LogP contribution is -2.41. The van der Waals surface area contributed by atoms with Crippen molar-refractivity contribution in [2.45, 2.75) is 72.8 Å². The molecule has 192 valence electrons. The average Bonchev–Trinajstić information content (AvgIpc) is 3.02. The zero-order valence-corrected chi connectivity index (χ0v) is 21.8. The molecule has 0 bridgehead atoms. The molecule has 35 heavy (non-hydrogen) atoms. The van der Waals surface area contributed by atoms with Gasteiger partial charge in [0.15, 0.2) is 0 Å². The van der Waals surface area contributed by atoms with Gasteiger partial charge in [0.05, 0.1) is 16.8 Å². The van der Waals surface area contributed by atoms with Gasteiger partial charge in [0.1, 0.15) is 0 Å². The molecule has 0 atom stereocenters. The van der Waals surface area contributed by atoms with E-state index in [0.717, 1.165) is 18.2 Å². The Kier molecular flexibility index (Phi) is 10.6. The zero-order valence-electron chi connectivity index (χ0n) is 21.8. The summed E-state index contributed by atoms with van der Waals surface area (Å²) in [5, 5.41) is 5.66. The molecule has 9 heteroatoms. The standard InChI is InChI=1S/C22H24BF3N2O3.2C2H6/c1-6-19(29)28-16-10-11-17(23-30-20(2,3)21(4,5)31-23)18(13-16)27-15-9-7-8-14(12-15)22(24,25)26;2*1-2/h6-13,27H,1H2,2-5H3,(H,28,29);2*1-2H3. The average molecular weight is 492 g/mol. The van der Waals surface area contributed by atoms with Crippen LogP contribution in [0.3, 0.4) is 0 Å². The molecule has 2 aromatic carbocycles. The monoisotopic (exact) mass is 492 g/mol. The number of benzene rings is 2. The van der Waals surface area contributed by atoms with Crippen molar-refractivity contribution in [2.24, 2.45) is 0 Å². The first kappa shape index (κ1) is 30.3. The van der Waals surface area contributed by atoms with Crippen LogP contribution < -0.4 is 16.1 Å². The Morgan fingerprint density at radius 3 is 2.03 bits per heavy atom. The summed E-state index contributed by atoms with van der Waals surface area (Å²) in [6, 6.07) is 9.85. The largest absolute Gasteiger partial charge is 0.496 e. The van der Waals surface area contributed by atoms with E-state index in [1.165, 1.54) is 12.1 Å². The molecule has 0 saturated carbocycles. The number of rotatable bonds is 5. The van der Waals surface area contributed by atoms with E-state index in [-0.39, 0.29) is 5.69 Å². The quantitative estimate of drug-likeness (QED) is 0.351. The Morgan fingerprint density at radius 1 is 0.943 bits per heavy atom. The lowest BCUT2D eigenvalue weighted by molar-refractivity contribution is -0.137. The van der Waals surface area contributed by atoms with Crippen molar-refractivity contribution >= 4 is 35.6 Å². The van der Waals surface area contributed by atoms with Gasteiger partial charge in [-0.15, -0.1) is 0 Å². The van der Waals surface area contributed by atoms with Gasteiger partial charge >= 0.3 is 13.3 Å². The van der Waals surface area contributed by atoms with Gasteiger partial charge in [-0.2, -0.15) is 13.2 Å². The van der Waals surface area contributed by atoms with Crippen molar-refractivity contribution in [1.29, 1.82) is 0 Å². The number of hydrogen-bond acceptors (Lipinski definition) is 4. The highest BCUT2D eigenvalue weighted by atomic mass is 19.4. The van der Waals surface area contributed by atoms with Crippen molar-refractivity contribution in [1.82, 2.24) is 0 Å². The smallest absolute Gasteiger partial charge is 0.399 e. The van der Waals surface area contributed by atoms with Crippen LogP contribution in [0.15, 0.2) is 55.1 Å². The Morgan fingerprint density at radius 2 is 1.51 bits per heavy atom. The predicted molar refractivity (Wildman–Crippen MR) is 138 cm³/mol. The lowest BCUT2D eigenvalue weighted by Gasteiger charge is -2.32. The van der Waals surface area contributed by atoms with Crippen LogP contribution in [0.5, 0.6) is 0 Å². The number of carbonyl (C=O) groups excluding carboxylic acids is 1. The van der Waals surface area contributed by atoms with Gasteiger partial charge in [0.2, 0.25) is 5.91 Å². The van der Waals surface area contributed by atoms with Crippen molar-refractivity contribution in [3.05, 3.63) is 60.7 Å². The van der Waals surface area contributed by atoms with Crippen LogP contribution in [0.4, 0.5) is 30.2 Å². The number of carbonyl (C=O) groups is 1. The van der Waals surface area contributed by atoms with E-state index >= 15 is 0 Å². The highest BCUT2D eigenvalue weighted by Crippen LogP contribution is 2.38. The minimum Gasteiger partial charge on any atom is -0.399 e. The number of halogens is 3. The molecule has 2 N–H and O–H groups in total. The Balaban J connectivity index is 0.00000145. The van der Waals surface area contributed by atoms with Crippen LogP contribution in [0.2, 0.25) is 0 Å². The van der Waals surface area contributed by atoms with Crippen molar-refractivity contribution in [2.75, 3.05) is 10.6 Å². The maximum Gasteiger partial charge on any atom is 0.496 e. The second kappa shape index (κ2) is 12.3. The third kappa shape index (κ3) is 7.60. The molecular weight excluding hydrogens is 456 g/mol. The van der Waals surface area contributed by atoms with Gasteiger partial charge in [-0.3, -0.25) is 4.79 Å². The SMILES string of the molecule is C=CC(=O)Nc1ccc(B2OC(C)(C)C(C)(C)O2)c(Nc2cccc(C(F)(F)F)c2)c1.CC.CC. The molecule has 1 heterocycles. The van der Waals surface area contributed by atoms with Crippen LogP contribution in [0, 0.1) is 0 Å². The third-order valence-corrected chi connectivity index (χ3v) is 5.48. The molecule has 1 aliphatic heterocycles. The summed E-state index contributed by atoms with van der Waals surface area (Å²) in [5.41, 5.74) is -0.251. The summed E-state index contributed by atoms with van der Waals surface area (Å²) in [6.45, 7) is 19.1. The van der Waals surface area contributed by atoms with Crippen LogP contribution >= 0.6 is 0 Å². The fourth-order valence-electron chi connectivity index (χ4n) is 3.04. The first-order chi connectivity index (χ1) is 16.3. The van der Waals surface area contributed by atoms with Crippen LogP contribution in [-0.4, -0.2) is 24.2 Å². The van der Waals surface area contributed by atoms with E-state index in [4.69, 9.17) is 9.31 Å². The second-order valence-corrected chi connectivity index (χ2v) is 8.29. The molecule has 1 aliphatic rings. The lowest BCUT2D eigenvalue weighted by atomic mass is 9.77. The summed E-state index contributed by atoms with van der Waals surface area (Å²) in [6.07, 6.45) is -3.34. The first-order valence-electron chi connectivity index (χ1n) is 11.7. The van der Waals surface area contributed by atoms with E-state index in [1.54, 1.807) is 18.2 Å². The van der Waals surface area contributed by atoms with Gasteiger partial charge < -0.3 is 19.9 Å². The summed E-state index contributed by atoms with van der Waals surface area (Å²) in [4.78, 5) is 11.7. The fraction of sp³-hybridized carbons (Fsp3) is 0.423. The molecule has 5 nitrogen and oxygen atoms in total. The second-order valence-electron chi connectivity index (χ2n) is 8.29. The Hall–Kier alpha value is -2.78. The van der Waals surface area contributed by atoms with Crippen molar-refractivity contribution < 1.29 is 27.3 Å². The molecule has 1 amide bonds. The van der Waals surface area contributed by atoms with E-state index in [9.17, 15) is 18.0 Å². The molecule has 3 rings (SSSR count). The third-order valence-electron chi connectivity index (χ3n) is 5.48. The maximum absolute atomic E-state index is 13.1. The molecule has 0 aliphatic carbocycles. The molecule has 0 radical (unpaired) electrons. The minimum absolute atomic E-state index is 0.236. The number of hydrogen-bond donors (Lipinski definition) is 2. The number of alkyl halides is 3. The van der Waals surface area contributed by atoms with Crippen LogP contribution in [0.1, 0.15) is 61.0 Å². The summed E-state index contributed by atoms with van der Waals surface area (Å²) < 4.78 is 51.6. The van der Waals surface area contributed by atoms with Gasteiger partial charge in [-0.25, -0.2) is 0 Å². The van der Waals surface area contributed by atoms with E-state index in [0.29, 0.717) is 16.8 Å². The molecule has 0 spiro atoms. The summed E-state index contributed by atoms with van der Waals surface area (Å²) in [7, 11) is -0.748. The Labute approximate surface area is 207 Å². The van der Waals surface area contributed by atoms with Crippen molar-refractivity contribution in [3.8, 4) is 0 Å². The fourth-order valence-corrected chi connectivity index (χ4v) is 3.04. The van der Waals surface area contributed by atoms with Gasteiger partial charge in [-0.05, 0) is 64.1 Å². The van der Waals surface area contributed by atoms with Crippen LogP contribution in [0.25, 0.3) is 0 Å². The van der Waals surface area contributed by atoms with E-state index in [2.05, 4.69) is 17.2 Å². The molecule has 0 aromatic heterocycles. The minimum atomic E-state index is -4.47. The Bertz CT molecular complexity index is 992. The molecular formula is C26H36BF3N2O3. The highest BCUT2D eigenvalue weighted by molar-refractivity contribution is 6.64. The molecule has 0 unspecified atom stereocenters. The normalized spacial score (nSPS) is 15.7.